The van der Waals surface area contributed by atoms with Gasteiger partial charge in [0.1, 0.15) is 0 Å². The number of fused-ring (bicyclic) bond motifs is 3. The van der Waals surface area contributed by atoms with Gasteiger partial charge in [-0.05, 0) is 66.8 Å². The zero-order chi connectivity index (χ0) is 22.5. The van der Waals surface area contributed by atoms with Crippen LogP contribution in [-0.2, 0) is 10.0 Å². The summed E-state index contributed by atoms with van der Waals surface area (Å²) in [5.41, 5.74) is 6.30. The van der Waals surface area contributed by atoms with E-state index in [1.54, 1.807) is 16.4 Å². The maximum absolute atomic E-state index is 13.7. The Hall–Kier alpha value is -2.67. The first kappa shape index (κ1) is 21.2. The molecule has 3 atom stereocenters. The van der Waals surface area contributed by atoms with Crippen molar-refractivity contribution in [2.75, 3.05) is 18.5 Å². The topological polar surface area (TPSA) is 69.6 Å². The van der Waals surface area contributed by atoms with Crippen LogP contribution in [0.15, 0.2) is 71.6 Å². The Morgan fingerprint density at radius 1 is 1.03 bits per heavy atom. The molecule has 32 heavy (non-hydrogen) atoms. The van der Waals surface area contributed by atoms with E-state index < -0.39 is 10.0 Å². The second-order valence-electron chi connectivity index (χ2n) is 8.88. The molecule has 2 aliphatic heterocycles. The van der Waals surface area contributed by atoms with Gasteiger partial charge in [-0.3, -0.25) is 0 Å². The molecule has 0 bridgehead atoms. The molecule has 0 unspecified atom stereocenters. The first-order valence-corrected chi connectivity index (χ1v) is 12.5. The number of sulfonamides is 1. The van der Waals surface area contributed by atoms with Crippen LogP contribution in [0.2, 0.25) is 0 Å². The van der Waals surface area contributed by atoms with Crippen molar-refractivity contribution in [1.82, 2.24) is 4.31 Å². The Bertz CT molecular complexity index is 1250. The molecule has 166 valence electrons. The van der Waals surface area contributed by atoms with Gasteiger partial charge in [0.05, 0.1) is 23.6 Å². The van der Waals surface area contributed by atoms with Crippen molar-refractivity contribution >= 4 is 15.7 Å². The average molecular weight is 449 g/mol. The molecule has 5 rings (SSSR count). The molecular weight excluding hydrogens is 420 g/mol. The minimum Gasteiger partial charge on any atom is -0.394 e. The van der Waals surface area contributed by atoms with E-state index >= 15 is 0 Å². The number of nitrogens with zero attached hydrogens (tertiary/aromatic N) is 1. The van der Waals surface area contributed by atoms with Gasteiger partial charge in [0.2, 0.25) is 10.0 Å². The van der Waals surface area contributed by atoms with E-state index in [0.29, 0.717) is 17.9 Å². The van der Waals surface area contributed by atoms with E-state index in [-0.39, 0.29) is 24.6 Å². The SMILES string of the molecule is Cc1ccc(S(=O)(=O)N2CC[C@@H]3[C@H](CO)Nc4ccc(-c5ccccc5C)cc4[C@@H]32)cc1. The summed E-state index contributed by atoms with van der Waals surface area (Å²) >= 11 is 0. The van der Waals surface area contributed by atoms with Gasteiger partial charge >= 0.3 is 0 Å². The number of nitrogens with one attached hydrogen (secondary N) is 1. The normalized spacial score (nSPS) is 22.8. The maximum atomic E-state index is 13.7. The maximum Gasteiger partial charge on any atom is 0.243 e. The molecule has 6 heteroatoms. The molecule has 3 aromatic carbocycles. The minimum absolute atomic E-state index is 0.0137. The van der Waals surface area contributed by atoms with Crippen LogP contribution in [-0.4, -0.2) is 37.0 Å². The summed E-state index contributed by atoms with van der Waals surface area (Å²) in [6, 6.07) is 21.0. The third-order valence-corrected chi connectivity index (χ3v) is 8.80. The highest BCUT2D eigenvalue weighted by molar-refractivity contribution is 7.89. The standard InChI is InChI=1S/C26H28N2O3S/c1-17-7-10-20(11-8-17)32(30,31)28-14-13-22-25(16-29)27-24-12-9-19(15-23(24)26(22)28)21-6-4-3-5-18(21)2/h3-12,15,22,25-27,29H,13-14,16H2,1-2H3/t22-,25+,26-/m1/s1. The van der Waals surface area contributed by atoms with Crippen LogP contribution in [0.4, 0.5) is 5.69 Å². The fourth-order valence-corrected chi connectivity index (χ4v) is 6.87. The summed E-state index contributed by atoms with van der Waals surface area (Å²) in [5.74, 6) is 0.0137. The van der Waals surface area contributed by atoms with Crippen LogP contribution in [0.5, 0.6) is 0 Å². The molecular formula is C26H28N2O3S. The van der Waals surface area contributed by atoms with E-state index in [2.05, 4.69) is 36.5 Å². The van der Waals surface area contributed by atoms with Crippen molar-refractivity contribution in [3.63, 3.8) is 0 Å². The molecule has 2 N–H and O–H groups in total. The van der Waals surface area contributed by atoms with Gasteiger partial charge < -0.3 is 10.4 Å². The van der Waals surface area contributed by atoms with Crippen molar-refractivity contribution in [1.29, 1.82) is 0 Å². The Morgan fingerprint density at radius 2 is 1.78 bits per heavy atom. The van der Waals surface area contributed by atoms with E-state index in [1.807, 2.05) is 37.3 Å². The number of aliphatic hydroxyl groups excluding tert-OH is 1. The van der Waals surface area contributed by atoms with Crippen LogP contribution in [0.1, 0.15) is 29.2 Å². The second-order valence-corrected chi connectivity index (χ2v) is 10.8. The molecule has 0 aromatic heterocycles. The monoisotopic (exact) mass is 448 g/mol. The predicted octanol–water partition coefficient (Wildman–Crippen LogP) is 4.51. The Morgan fingerprint density at radius 3 is 2.50 bits per heavy atom. The number of rotatable bonds is 4. The van der Waals surface area contributed by atoms with Crippen LogP contribution in [0.3, 0.4) is 0 Å². The first-order valence-electron chi connectivity index (χ1n) is 11.1. The highest BCUT2D eigenvalue weighted by Gasteiger charge is 2.48. The first-order chi connectivity index (χ1) is 15.4. The zero-order valence-electron chi connectivity index (χ0n) is 18.3. The molecule has 3 aromatic rings. The highest BCUT2D eigenvalue weighted by atomic mass is 32.2. The molecule has 1 saturated heterocycles. The van der Waals surface area contributed by atoms with Gasteiger partial charge in [-0.15, -0.1) is 0 Å². The average Bonchev–Trinajstić information content (AvgIpc) is 3.25. The number of hydrogen-bond acceptors (Lipinski definition) is 4. The van der Waals surface area contributed by atoms with E-state index in [1.165, 1.54) is 5.56 Å². The number of aliphatic hydroxyl groups is 1. The molecule has 0 aliphatic carbocycles. The summed E-state index contributed by atoms with van der Waals surface area (Å²) in [6.45, 7) is 4.45. The second kappa shape index (κ2) is 8.03. The van der Waals surface area contributed by atoms with Gasteiger partial charge in [0.25, 0.3) is 0 Å². The van der Waals surface area contributed by atoms with Gasteiger partial charge in [0, 0.05) is 18.2 Å². The van der Waals surface area contributed by atoms with Crippen molar-refractivity contribution < 1.29 is 13.5 Å². The lowest BCUT2D eigenvalue weighted by molar-refractivity contribution is 0.210. The quantitative estimate of drug-likeness (QED) is 0.616. The van der Waals surface area contributed by atoms with Gasteiger partial charge in [-0.25, -0.2) is 8.42 Å². The Labute approximate surface area is 189 Å². The van der Waals surface area contributed by atoms with Crippen LogP contribution < -0.4 is 5.32 Å². The lowest BCUT2D eigenvalue weighted by Crippen LogP contribution is -2.42. The Kier molecular flexibility index (Phi) is 5.32. The van der Waals surface area contributed by atoms with E-state index in [9.17, 15) is 13.5 Å². The summed E-state index contributed by atoms with van der Waals surface area (Å²) in [4.78, 5) is 0.319. The fraction of sp³-hybridized carbons (Fsp3) is 0.308. The number of aryl methyl sites for hydroxylation is 2. The number of anilines is 1. The van der Waals surface area contributed by atoms with Gasteiger partial charge in [-0.2, -0.15) is 4.31 Å². The molecule has 2 heterocycles. The number of hydrogen-bond donors (Lipinski definition) is 2. The summed E-state index contributed by atoms with van der Waals surface area (Å²) in [7, 11) is -3.66. The summed E-state index contributed by atoms with van der Waals surface area (Å²) < 4.78 is 29.0. The molecule has 0 radical (unpaired) electrons. The zero-order valence-corrected chi connectivity index (χ0v) is 19.1. The summed E-state index contributed by atoms with van der Waals surface area (Å²) in [5, 5.41) is 13.5. The Balaban J connectivity index is 1.62. The largest absolute Gasteiger partial charge is 0.394 e. The predicted molar refractivity (Wildman–Crippen MR) is 127 cm³/mol. The molecule has 0 amide bonds. The summed E-state index contributed by atoms with van der Waals surface area (Å²) in [6.07, 6.45) is 0.710. The van der Waals surface area contributed by atoms with E-state index in [0.717, 1.165) is 27.9 Å². The molecule has 1 fully saturated rings. The molecule has 0 spiro atoms. The smallest absolute Gasteiger partial charge is 0.243 e. The lowest BCUT2D eigenvalue weighted by Gasteiger charge is -2.39. The van der Waals surface area contributed by atoms with E-state index in [4.69, 9.17) is 0 Å². The number of benzene rings is 3. The highest BCUT2D eigenvalue weighted by Crippen LogP contribution is 2.49. The fourth-order valence-electron chi connectivity index (χ4n) is 5.20. The van der Waals surface area contributed by atoms with Gasteiger partial charge in [0.15, 0.2) is 0 Å². The van der Waals surface area contributed by atoms with Crippen LogP contribution in [0, 0.1) is 19.8 Å². The third kappa shape index (κ3) is 3.43. The van der Waals surface area contributed by atoms with Crippen molar-refractivity contribution in [3.8, 4) is 11.1 Å². The molecule has 0 saturated carbocycles. The molecule has 2 aliphatic rings. The lowest BCUT2D eigenvalue weighted by atomic mass is 9.82. The third-order valence-electron chi connectivity index (χ3n) is 6.91. The van der Waals surface area contributed by atoms with Gasteiger partial charge in [-0.1, -0.05) is 48.0 Å². The van der Waals surface area contributed by atoms with Crippen LogP contribution in [0.25, 0.3) is 11.1 Å². The van der Waals surface area contributed by atoms with Crippen molar-refractivity contribution in [2.24, 2.45) is 5.92 Å². The van der Waals surface area contributed by atoms with Crippen molar-refractivity contribution in [3.05, 3.63) is 83.4 Å². The van der Waals surface area contributed by atoms with Crippen LogP contribution >= 0.6 is 0 Å². The molecule has 5 nitrogen and oxygen atoms in total. The minimum atomic E-state index is -3.66. The van der Waals surface area contributed by atoms with Crippen molar-refractivity contribution in [2.45, 2.75) is 37.2 Å².